The molecule has 1 saturated heterocycles. The predicted octanol–water partition coefficient (Wildman–Crippen LogP) is 1.15. The van der Waals surface area contributed by atoms with E-state index in [4.69, 9.17) is 4.74 Å². The molecule has 2 aromatic rings. The molecule has 1 fully saturated rings. The lowest BCUT2D eigenvalue weighted by Crippen LogP contribution is -2.47. The zero-order valence-corrected chi connectivity index (χ0v) is 13.7. The van der Waals surface area contributed by atoms with E-state index in [1.165, 1.54) is 0 Å². The summed E-state index contributed by atoms with van der Waals surface area (Å²) < 4.78 is 6.90. The van der Waals surface area contributed by atoms with E-state index in [-0.39, 0.29) is 6.04 Å². The number of aliphatic hydroxyl groups is 1. The number of aromatic nitrogens is 5. The van der Waals surface area contributed by atoms with Gasteiger partial charge in [0.05, 0.1) is 19.9 Å². The van der Waals surface area contributed by atoms with E-state index in [2.05, 4.69) is 20.3 Å². The highest BCUT2D eigenvalue weighted by atomic mass is 16.5. The minimum absolute atomic E-state index is 0.210. The van der Waals surface area contributed by atoms with Crippen LogP contribution in [0.1, 0.15) is 38.4 Å². The van der Waals surface area contributed by atoms with Crippen molar-refractivity contribution in [2.45, 2.75) is 38.3 Å². The lowest BCUT2D eigenvalue weighted by molar-refractivity contribution is 0.0172. The lowest BCUT2D eigenvalue weighted by atomic mass is 9.90. The Hall–Kier alpha value is -2.22. The normalized spacial score (nSPS) is 21.7. The third-order valence-corrected chi connectivity index (χ3v) is 4.10. The van der Waals surface area contributed by atoms with Crippen LogP contribution in [0.2, 0.25) is 0 Å². The number of methoxy groups -OCH3 is 1. The molecule has 0 bridgehead atoms. The lowest BCUT2D eigenvalue weighted by Gasteiger charge is -2.37. The number of anilines is 1. The van der Waals surface area contributed by atoms with Crippen molar-refractivity contribution in [2.75, 3.05) is 25.1 Å². The van der Waals surface area contributed by atoms with E-state index in [1.54, 1.807) is 24.1 Å². The van der Waals surface area contributed by atoms with E-state index in [9.17, 15) is 5.11 Å². The van der Waals surface area contributed by atoms with Gasteiger partial charge in [0.1, 0.15) is 11.3 Å². The smallest absolute Gasteiger partial charge is 0.228 e. The molecule has 1 aliphatic rings. The fourth-order valence-electron chi connectivity index (χ4n) is 2.76. The van der Waals surface area contributed by atoms with Gasteiger partial charge in [0.15, 0.2) is 0 Å². The van der Waals surface area contributed by atoms with Crippen molar-refractivity contribution in [1.29, 1.82) is 0 Å². The van der Waals surface area contributed by atoms with Gasteiger partial charge >= 0.3 is 0 Å². The molecule has 23 heavy (non-hydrogen) atoms. The summed E-state index contributed by atoms with van der Waals surface area (Å²) in [5, 5.41) is 19.3. The molecule has 0 spiro atoms. The summed E-state index contributed by atoms with van der Waals surface area (Å²) in [6.45, 7) is 5.23. The first-order valence-electron chi connectivity index (χ1n) is 7.78. The average molecular weight is 318 g/mol. The first-order valence-corrected chi connectivity index (χ1v) is 7.78. The monoisotopic (exact) mass is 318 g/mol. The Morgan fingerprint density at radius 2 is 2.22 bits per heavy atom. The fraction of sp³-hybridized carbons (Fsp3) is 0.600. The van der Waals surface area contributed by atoms with Gasteiger partial charge in [-0.3, -0.25) is 0 Å². The summed E-state index contributed by atoms with van der Waals surface area (Å²) in [5.74, 6) is 1.06. The van der Waals surface area contributed by atoms with E-state index in [0.717, 1.165) is 13.0 Å². The molecule has 0 aromatic carbocycles. The van der Waals surface area contributed by atoms with Crippen LogP contribution in [0, 0.1) is 0 Å². The maximum Gasteiger partial charge on any atom is 0.228 e. The number of ether oxygens (including phenoxy) is 1. The molecule has 0 aliphatic carbocycles. The highest BCUT2D eigenvalue weighted by Gasteiger charge is 2.38. The minimum Gasteiger partial charge on any atom is -0.481 e. The zero-order valence-electron chi connectivity index (χ0n) is 13.7. The van der Waals surface area contributed by atoms with Gasteiger partial charge in [-0.05, 0) is 26.7 Å². The van der Waals surface area contributed by atoms with Crippen molar-refractivity contribution < 1.29 is 9.84 Å². The molecule has 1 atom stereocenters. The van der Waals surface area contributed by atoms with Crippen LogP contribution < -0.4 is 9.64 Å². The van der Waals surface area contributed by atoms with Crippen LogP contribution in [0.3, 0.4) is 0 Å². The molecule has 2 aromatic heterocycles. The Kier molecular flexibility index (Phi) is 4.16. The van der Waals surface area contributed by atoms with E-state index < -0.39 is 5.60 Å². The summed E-state index contributed by atoms with van der Waals surface area (Å²) in [4.78, 5) is 10.6. The van der Waals surface area contributed by atoms with Crippen molar-refractivity contribution in [2.24, 2.45) is 0 Å². The van der Waals surface area contributed by atoms with E-state index >= 15 is 0 Å². The summed E-state index contributed by atoms with van der Waals surface area (Å²) in [5.41, 5.74) is -0.448. The van der Waals surface area contributed by atoms with Gasteiger partial charge in [0.2, 0.25) is 11.8 Å². The van der Waals surface area contributed by atoms with Crippen LogP contribution >= 0.6 is 0 Å². The number of piperidine rings is 1. The highest BCUT2D eigenvalue weighted by molar-refractivity contribution is 5.34. The van der Waals surface area contributed by atoms with Crippen LogP contribution in [0.15, 0.2) is 18.5 Å². The quantitative estimate of drug-likeness (QED) is 0.904. The predicted molar refractivity (Wildman–Crippen MR) is 84.3 cm³/mol. The van der Waals surface area contributed by atoms with Gasteiger partial charge in [-0.1, -0.05) is 5.21 Å². The number of rotatable bonds is 4. The Labute approximate surface area is 135 Å². The first-order chi connectivity index (χ1) is 11.0. The molecule has 0 saturated carbocycles. The number of hydrogen-bond donors (Lipinski definition) is 1. The molecule has 3 rings (SSSR count). The van der Waals surface area contributed by atoms with Gasteiger partial charge in [0.25, 0.3) is 0 Å². The average Bonchev–Trinajstić information content (AvgIpc) is 3.06. The molecular weight excluding hydrogens is 296 g/mol. The molecule has 3 heterocycles. The van der Waals surface area contributed by atoms with Crippen molar-refractivity contribution in [3.63, 3.8) is 0 Å². The van der Waals surface area contributed by atoms with Crippen molar-refractivity contribution in [1.82, 2.24) is 25.0 Å². The van der Waals surface area contributed by atoms with Crippen LogP contribution in [-0.4, -0.2) is 50.3 Å². The third kappa shape index (κ3) is 3.12. The molecule has 1 N–H and O–H groups in total. The molecule has 1 aliphatic heterocycles. The molecule has 0 amide bonds. The Morgan fingerprint density at radius 1 is 1.39 bits per heavy atom. The van der Waals surface area contributed by atoms with Gasteiger partial charge < -0.3 is 14.7 Å². The summed E-state index contributed by atoms with van der Waals surface area (Å²) in [6, 6.07) is 1.91. The second-order valence-electron chi connectivity index (χ2n) is 6.13. The Bertz CT molecular complexity index is 673. The van der Waals surface area contributed by atoms with E-state index in [0.29, 0.717) is 30.5 Å². The largest absolute Gasteiger partial charge is 0.481 e. The van der Waals surface area contributed by atoms with Crippen LogP contribution in [0.25, 0.3) is 0 Å². The number of β-amino-alcohol motifs (C(OH)–C–C–N with tert-alkyl or cyclic N) is 1. The first kappa shape index (κ1) is 15.7. The topological polar surface area (TPSA) is 89.2 Å². The molecule has 8 heteroatoms. The van der Waals surface area contributed by atoms with Gasteiger partial charge in [0, 0.05) is 24.8 Å². The van der Waals surface area contributed by atoms with Crippen molar-refractivity contribution in [3.05, 3.63) is 24.2 Å². The van der Waals surface area contributed by atoms with Crippen molar-refractivity contribution in [3.8, 4) is 5.88 Å². The minimum atomic E-state index is -1.04. The molecule has 124 valence electrons. The van der Waals surface area contributed by atoms with Gasteiger partial charge in [-0.15, -0.1) is 5.10 Å². The van der Waals surface area contributed by atoms with Crippen LogP contribution in [0.5, 0.6) is 5.88 Å². The fourth-order valence-corrected chi connectivity index (χ4v) is 2.76. The summed E-state index contributed by atoms with van der Waals surface area (Å²) in [7, 11) is 1.57. The Balaban J connectivity index is 1.83. The SMILES string of the molecule is COc1ccnc(N2CCC[C@@](O)(c3cn(C(C)C)nn3)C2)n1. The Morgan fingerprint density at radius 3 is 2.91 bits per heavy atom. The second-order valence-corrected chi connectivity index (χ2v) is 6.13. The highest BCUT2D eigenvalue weighted by Crippen LogP contribution is 2.32. The third-order valence-electron chi connectivity index (χ3n) is 4.10. The molecule has 8 nitrogen and oxygen atoms in total. The van der Waals surface area contributed by atoms with Gasteiger partial charge in [-0.25, -0.2) is 9.67 Å². The molecular formula is C15H22N6O2. The number of nitrogens with zero attached hydrogens (tertiary/aromatic N) is 6. The number of hydrogen-bond acceptors (Lipinski definition) is 7. The maximum absolute atomic E-state index is 11.1. The van der Waals surface area contributed by atoms with Crippen molar-refractivity contribution >= 4 is 5.95 Å². The summed E-state index contributed by atoms with van der Waals surface area (Å²) in [6.07, 6.45) is 4.94. The molecule has 0 radical (unpaired) electrons. The van der Waals surface area contributed by atoms with Gasteiger partial charge in [-0.2, -0.15) is 4.98 Å². The maximum atomic E-state index is 11.1. The zero-order chi connectivity index (χ0) is 16.4. The van der Waals surface area contributed by atoms with Crippen LogP contribution in [-0.2, 0) is 5.60 Å². The standard InChI is InChI=1S/C15H22N6O2/c1-11(2)21-9-12(18-19-21)15(22)6-4-8-20(10-15)14-16-7-5-13(17-14)23-3/h5,7,9,11,22H,4,6,8,10H2,1-3H3/t15-/m0/s1. The second kappa shape index (κ2) is 6.11. The van der Waals surface area contributed by atoms with E-state index in [1.807, 2.05) is 24.9 Å². The summed E-state index contributed by atoms with van der Waals surface area (Å²) >= 11 is 0. The van der Waals surface area contributed by atoms with Crippen LogP contribution in [0.4, 0.5) is 5.95 Å². The molecule has 0 unspecified atom stereocenters.